The lowest BCUT2D eigenvalue weighted by atomic mass is 10.1. The molecule has 1 aliphatic heterocycles. The Balaban J connectivity index is 2.48. The third-order valence-electron chi connectivity index (χ3n) is 2.23. The molecule has 3 heteroatoms. The zero-order valence-corrected chi connectivity index (χ0v) is 9.82. The summed E-state index contributed by atoms with van der Waals surface area (Å²) in [6.45, 7) is 10.8. The van der Waals surface area contributed by atoms with Crippen LogP contribution in [0.4, 0.5) is 0 Å². The van der Waals surface area contributed by atoms with Crippen LogP contribution >= 0.6 is 0 Å². The molecular formula is C11H22O3. The molecule has 0 bridgehead atoms. The predicted octanol–water partition coefficient (Wildman–Crippen LogP) is 1.99. The van der Waals surface area contributed by atoms with Gasteiger partial charge in [0.1, 0.15) is 12.2 Å². The fourth-order valence-electron chi connectivity index (χ4n) is 1.72. The molecule has 0 aliphatic carbocycles. The summed E-state index contributed by atoms with van der Waals surface area (Å²) in [5.41, 5.74) is 0. The third kappa shape index (κ3) is 3.23. The Bertz CT molecular complexity index is 168. The van der Waals surface area contributed by atoms with Gasteiger partial charge in [0.25, 0.3) is 0 Å². The second kappa shape index (κ2) is 5.10. The molecule has 1 heterocycles. The summed E-state index contributed by atoms with van der Waals surface area (Å²) in [7, 11) is 0. The van der Waals surface area contributed by atoms with Crippen LogP contribution in [0.15, 0.2) is 0 Å². The van der Waals surface area contributed by atoms with Gasteiger partial charge >= 0.3 is 0 Å². The van der Waals surface area contributed by atoms with E-state index in [4.69, 9.17) is 14.2 Å². The molecule has 0 aromatic heterocycles. The summed E-state index contributed by atoms with van der Waals surface area (Å²) >= 11 is 0. The van der Waals surface area contributed by atoms with Crippen molar-refractivity contribution in [1.82, 2.24) is 0 Å². The van der Waals surface area contributed by atoms with Gasteiger partial charge < -0.3 is 14.2 Å². The second-order valence-electron chi connectivity index (χ2n) is 4.41. The molecule has 1 saturated heterocycles. The molecule has 0 radical (unpaired) electrons. The van der Waals surface area contributed by atoms with Gasteiger partial charge in [-0.05, 0) is 34.6 Å². The van der Waals surface area contributed by atoms with Gasteiger partial charge in [0.15, 0.2) is 0 Å². The molecule has 1 fully saturated rings. The van der Waals surface area contributed by atoms with Gasteiger partial charge in [0.05, 0.1) is 24.9 Å². The molecule has 0 aromatic carbocycles. The number of hydrogen-bond acceptors (Lipinski definition) is 3. The van der Waals surface area contributed by atoms with E-state index in [1.54, 1.807) is 0 Å². The zero-order chi connectivity index (χ0) is 10.7. The van der Waals surface area contributed by atoms with Gasteiger partial charge in [0, 0.05) is 0 Å². The van der Waals surface area contributed by atoms with Crippen molar-refractivity contribution in [1.29, 1.82) is 0 Å². The van der Waals surface area contributed by atoms with E-state index in [0.29, 0.717) is 6.61 Å². The van der Waals surface area contributed by atoms with Crippen LogP contribution in [0.25, 0.3) is 0 Å². The maximum Gasteiger partial charge on any atom is 0.112 e. The van der Waals surface area contributed by atoms with Crippen molar-refractivity contribution < 1.29 is 14.2 Å². The predicted molar refractivity (Wildman–Crippen MR) is 55.4 cm³/mol. The first-order valence-corrected chi connectivity index (χ1v) is 5.43. The molecule has 3 atom stereocenters. The monoisotopic (exact) mass is 202 g/mol. The van der Waals surface area contributed by atoms with Crippen molar-refractivity contribution in [3.63, 3.8) is 0 Å². The Morgan fingerprint density at radius 3 is 2.14 bits per heavy atom. The Labute approximate surface area is 86.7 Å². The van der Waals surface area contributed by atoms with Gasteiger partial charge in [0.2, 0.25) is 0 Å². The molecule has 14 heavy (non-hydrogen) atoms. The molecule has 1 rings (SSSR count). The fourth-order valence-corrected chi connectivity index (χ4v) is 1.72. The van der Waals surface area contributed by atoms with Crippen molar-refractivity contribution in [2.45, 2.75) is 65.1 Å². The van der Waals surface area contributed by atoms with Gasteiger partial charge in [-0.25, -0.2) is 0 Å². The lowest BCUT2D eigenvalue weighted by Gasteiger charge is -2.25. The lowest BCUT2D eigenvalue weighted by molar-refractivity contribution is -0.0954. The van der Waals surface area contributed by atoms with Crippen LogP contribution < -0.4 is 0 Å². The summed E-state index contributed by atoms with van der Waals surface area (Å²) in [6.07, 6.45) is 0.764. The largest absolute Gasteiger partial charge is 0.373 e. The van der Waals surface area contributed by atoms with E-state index in [2.05, 4.69) is 0 Å². The van der Waals surface area contributed by atoms with E-state index in [1.807, 2.05) is 34.6 Å². The molecular weight excluding hydrogens is 180 g/mol. The number of ether oxygens (including phenoxy) is 3. The summed E-state index contributed by atoms with van der Waals surface area (Å²) in [5.74, 6) is 0. The molecule has 0 N–H and O–H groups in total. The van der Waals surface area contributed by atoms with Crippen LogP contribution in [0.1, 0.15) is 34.6 Å². The molecule has 3 nitrogen and oxygen atoms in total. The molecule has 1 aliphatic rings. The van der Waals surface area contributed by atoms with Gasteiger partial charge in [-0.2, -0.15) is 0 Å². The first-order valence-electron chi connectivity index (χ1n) is 5.43. The Morgan fingerprint density at radius 2 is 1.64 bits per heavy atom. The number of rotatable bonds is 4. The second-order valence-corrected chi connectivity index (χ2v) is 4.41. The SMILES string of the molecule is CC(C)OC1CO[C@@H](C)[C@H]1OC(C)C. The molecule has 0 aromatic rings. The Kier molecular flexibility index (Phi) is 4.35. The molecule has 0 saturated carbocycles. The fraction of sp³-hybridized carbons (Fsp3) is 1.00. The van der Waals surface area contributed by atoms with Crippen molar-refractivity contribution in [2.24, 2.45) is 0 Å². The van der Waals surface area contributed by atoms with Crippen molar-refractivity contribution >= 4 is 0 Å². The minimum absolute atomic E-state index is 0.0809. The van der Waals surface area contributed by atoms with Crippen molar-refractivity contribution in [3.8, 4) is 0 Å². The highest BCUT2D eigenvalue weighted by Gasteiger charge is 2.37. The van der Waals surface area contributed by atoms with Gasteiger partial charge in [-0.3, -0.25) is 0 Å². The highest BCUT2D eigenvalue weighted by Crippen LogP contribution is 2.22. The van der Waals surface area contributed by atoms with E-state index in [-0.39, 0.29) is 30.5 Å². The van der Waals surface area contributed by atoms with Crippen LogP contribution in [0, 0.1) is 0 Å². The Morgan fingerprint density at radius 1 is 1.07 bits per heavy atom. The first kappa shape index (κ1) is 12.0. The topological polar surface area (TPSA) is 27.7 Å². The molecule has 0 spiro atoms. The van der Waals surface area contributed by atoms with Crippen LogP contribution in [0.2, 0.25) is 0 Å². The molecule has 0 amide bonds. The lowest BCUT2D eigenvalue weighted by Crippen LogP contribution is -2.37. The van der Waals surface area contributed by atoms with Crippen molar-refractivity contribution in [3.05, 3.63) is 0 Å². The van der Waals surface area contributed by atoms with E-state index < -0.39 is 0 Å². The summed E-state index contributed by atoms with van der Waals surface area (Å²) in [4.78, 5) is 0. The Hall–Kier alpha value is -0.120. The summed E-state index contributed by atoms with van der Waals surface area (Å²) in [5, 5.41) is 0. The average Bonchev–Trinajstić information content (AvgIpc) is 2.34. The van der Waals surface area contributed by atoms with E-state index in [1.165, 1.54) is 0 Å². The molecule has 84 valence electrons. The zero-order valence-electron chi connectivity index (χ0n) is 9.82. The average molecular weight is 202 g/mol. The maximum absolute atomic E-state index is 5.79. The van der Waals surface area contributed by atoms with E-state index in [0.717, 1.165) is 0 Å². The minimum Gasteiger partial charge on any atom is -0.373 e. The van der Waals surface area contributed by atoms with E-state index >= 15 is 0 Å². The first-order chi connectivity index (χ1) is 6.50. The van der Waals surface area contributed by atoms with Crippen LogP contribution in [0.3, 0.4) is 0 Å². The highest BCUT2D eigenvalue weighted by atomic mass is 16.6. The smallest absolute Gasteiger partial charge is 0.112 e. The highest BCUT2D eigenvalue weighted by molar-refractivity contribution is 4.84. The summed E-state index contributed by atoms with van der Waals surface area (Å²) < 4.78 is 17.1. The van der Waals surface area contributed by atoms with Gasteiger partial charge in [-0.1, -0.05) is 0 Å². The van der Waals surface area contributed by atoms with E-state index in [9.17, 15) is 0 Å². The van der Waals surface area contributed by atoms with Crippen LogP contribution in [-0.2, 0) is 14.2 Å². The van der Waals surface area contributed by atoms with Gasteiger partial charge in [-0.15, -0.1) is 0 Å². The maximum atomic E-state index is 5.79. The van der Waals surface area contributed by atoms with Crippen LogP contribution in [-0.4, -0.2) is 37.1 Å². The number of hydrogen-bond donors (Lipinski definition) is 0. The summed E-state index contributed by atoms with van der Waals surface area (Å²) in [6, 6.07) is 0. The minimum atomic E-state index is 0.0809. The standard InChI is InChI=1S/C11H22O3/c1-7(2)13-10-6-12-9(5)11(10)14-8(3)4/h7-11H,6H2,1-5H3/t9-,10?,11+/m0/s1. The normalized spacial score (nSPS) is 33.2. The molecule has 1 unspecified atom stereocenters. The quantitative estimate of drug-likeness (QED) is 0.697. The van der Waals surface area contributed by atoms with Crippen molar-refractivity contribution in [2.75, 3.05) is 6.61 Å². The third-order valence-corrected chi connectivity index (χ3v) is 2.23. The van der Waals surface area contributed by atoms with Crippen LogP contribution in [0.5, 0.6) is 0 Å².